The van der Waals surface area contributed by atoms with Crippen LogP contribution in [0.5, 0.6) is 0 Å². The molecule has 1 unspecified atom stereocenters. The van der Waals surface area contributed by atoms with Crippen molar-refractivity contribution in [3.05, 3.63) is 94.2 Å². The van der Waals surface area contributed by atoms with Gasteiger partial charge >= 0.3 is 5.97 Å². The number of halogens is 4. The van der Waals surface area contributed by atoms with Crippen molar-refractivity contribution in [2.75, 3.05) is 0 Å². The molecule has 0 bridgehead atoms. The van der Waals surface area contributed by atoms with Gasteiger partial charge in [-0.05, 0) is 42.2 Å². The van der Waals surface area contributed by atoms with Gasteiger partial charge in [0.2, 0.25) is 5.69 Å². The van der Waals surface area contributed by atoms with E-state index in [1.165, 1.54) is 24.4 Å². The molecule has 0 aliphatic heterocycles. The van der Waals surface area contributed by atoms with Crippen molar-refractivity contribution in [3.8, 4) is 22.3 Å². The summed E-state index contributed by atoms with van der Waals surface area (Å²) in [5.41, 5.74) is 0.465. The SMILES string of the molecule is O=C(O)c1cc(-c2cnn(C(CC3CC3)c3ccc(-c4c(C(F)F)ccc(Cl)c4F)c[n+]3[O-])c2)ccn1. The lowest BCUT2D eigenvalue weighted by Gasteiger charge is -2.18. The van der Waals surface area contributed by atoms with Gasteiger partial charge in [0.25, 0.3) is 6.43 Å². The third-order valence-electron chi connectivity index (χ3n) is 6.42. The number of benzene rings is 1. The zero-order chi connectivity index (χ0) is 26.3. The Kier molecular flexibility index (Phi) is 6.59. The fourth-order valence-corrected chi connectivity index (χ4v) is 4.51. The van der Waals surface area contributed by atoms with E-state index in [9.17, 15) is 28.3 Å². The van der Waals surface area contributed by atoms with Crippen LogP contribution in [0.1, 0.15) is 53.5 Å². The second-order valence-corrected chi connectivity index (χ2v) is 9.34. The Morgan fingerprint density at radius 1 is 1.19 bits per heavy atom. The highest BCUT2D eigenvalue weighted by Crippen LogP contribution is 2.40. The van der Waals surface area contributed by atoms with Crippen LogP contribution < -0.4 is 4.73 Å². The molecule has 1 fully saturated rings. The first-order valence-electron chi connectivity index (χ1n) is 11.5. The van der Waals surface area contributed by atoms with Gasteiger partial charge in [-0.25, -0.2) is 22.9 Å². The van der Waals surface area contributed by atoms with Gasteiger partial charge in [-0.15, -0.1) is 0 Å². The number of hydrogen-bond donors (Lipinski definition) is 1. The van der Waals surface area contributed by atoms with E-state index in [0.717, 1.165) is 31.2 Å². The van der Waals surface area contributed by atoms with E-state index >= 15 is 0 Å². The number of pyridine rings is 2. The van der Waals surface area contributed by atoms with Crippen molar-refractivity contribution in [3.63, 3.8) is 0 Å². The molecule has 37 heavy (non-hydrogen) atoms. The smallest absolute Gasteiger partial charge is 0.354 e. The first-order valence-corrected chi connectivity index (χ1v) is 11.8. The number of rotatable bonds is 8. The van der Waals surface area contributed by atoms with Gasteiger partial charge in [0.05, 0.1) is 16.8 Å². The van der Waals surface area contributed by atoms with Gasteiger partial charge in [0, 0.05) is 35.2 Å². The minimum absolute atomic E-state index is 0.0154. The van der Waals surface area contributed by atoms with Crippen molar-refractivity contribution in [2.24, 2.45) is 5.92 Å². The molecule has 3 heterocycles. The van der Waals surface area contributed by atoms with Crippen molar-refractivity contribution in [1.29, 1.82) is 0 Å². The Morgan fingerprint density at radius 2 is 1.97 bits per heavy atom. The molecular formula is C26H20ClF3N4O3. The molecule has 11 heteroatoms. The molecular weight excluding hydrogens is 509 g/mol. The molecule has 1 aliphatic rings. The molecule has 1 saturated carbocycles. The quantitative estimate of drug-likeness (QED) is 0.221. The van der Waals surface area contributed by atoms with Crippen LogP contribution in [-0.4, -0.2) is 25.8 Å². The van der Waals surface area contributed by atoms with Crippen molar-refractivity contribution in [2.45, 2.75) is 31.7 Å². The summed E-state index contributed by atoms with van der Waals surface area (Å²) in [5, 5.41) is 26.5. The molecule has 1 aromatic carbocycles. The monoisotopic (exact) mass is 528 g/mol. The second kappa shape index (κ2) is 9.85. The first kappa shape index (κ1) is 24.8. The maximum Gasteiger partial charge on any atom is 0.354 e. The molecule has 0 saturated heterocycles. The number of hydrogen-bond acceptors (Lipinski definition) is 4. The summed E-state index contributed by atoms with van der Waals surface area (Å²) >= 11 is 5.83. The molecule has 1 atom stereocenters. The zero-order valence-corrected chi connectivity index (χ0v) is 19.9. The Bertz CT molecular complexity index is 1490. The number of carbonyl (C=O) groups is 1. The van der Waals surface area contributed by atoms with Crippen LogP contribution in [0, 0.1) is 16.9 Å². The van der Waals surface area contributed by atoms with Gasteiger partial charge in [-0.1, -0.05) is 30.5 Å². The fraction of sp³-hybridized carbons (Fsp3) is 0.231. The lowest BCUT2D eigenvalue weighted by Crippen LogP contribution is -2.35. The highest BCUT2D eigenvalue weighted by molar-refractivity contribution is 6.31. The lowest BCUT2D eigenvalue weighted by molar-refractivity contribution is -0.615. The largest absolute Gasteiger partial charge is 0.618 e. The van der Waals surface area contributed by atoms with E-state index < -0.39 is 35.4 Å². The predicted molar refractivity (Wildman–Crippen MR) is 129 cm³/mol. The van der Waals surface area contributed by atoms with Crippen LogP contribution in [0.25, 0.3) is 22.3 Å². The summed E-state index contributed by atoms with van der Waals surface area (Å²) in [6, 6.07) is 7.63. The topological polar surface area (TPSA) is 95.0 Å². The molecule has 4 aromatic rings. The molecule has 0 amide bonds. The van der Waals surface area contributed by atoms with Gasteiger partial charge in [-0.2, -0.15) is 9.83 Å². The van der Waals surface area contributed by atoms with Crippen molar-refractivity contribution in [1.82, 2.24) is 14.8 Å². The Balaban J connectivity index is 1.53. The predicted octanol–water partition coefficient (Wildman–Crippen LogP) is 6.06. The van der Waals surface area contributed by atoms with Crippen LogP contribution in [0.4, 0.5) is 13.2 Å². The summed E-state index contributed by atoms with van der Waals surface area (Å²) in [5.74, 6) is -1.77. The Hall–Kier alpha value is -3.92. The van der Waals surface area contributed by atoms with Crippen LogP contribution >= 0.6 is 11.6 Å². The molecule has 1 aliphatic carbocycles. The summed E-state index contributed by atoms with van der Waals surface area (Å²) in [6.07, 6.45) is 5.44. The third-order valence-corrected chi connectivity index (χ3v) is 6.72. The maximum atomic E-state index is 14.8. The van der Waals surface area contributed by atoms with Crippen LogP contribution in [0.15, 0.2) is 61.2 Å². The highest BCUT2D eigenvalue weighted by atomic mass is 35.5. The van der Waals surface area contributed by atoms with Crippen LogP contribution in [0.2, 0.25) is 5.02 Å². The normalized spacial score (nSPS) is 14.2. The number of alkyl halides is 2. The number of carboxylic acids is 1. The summed E-state index contributed by atoms with van der Waals surface area (Å²) in [4.78, 5) is 15.1. The number of aromatic nitrogens is 4. The van der Waals surface area contributed by atoms with E-state index in [4.69, 9.17) is 11.6 Å². The van der Waals surface area contributed by atoms with E-state index in [0.29, 0.717) is 33.9 Å². The molecule has 190 valence electrons. The molecule has 0 spiro atoms. The molecule has 5 rings (SSSR count). The minimum Gasteiger partial charge on any atom is -0.618 e. The van der Waals surface area contributed by atoms with Crippen molar-refractivity contribution < 1.29 is 27.8 Å². The second-order valence-electron chi connectivity index (χ2n) is 8.93. The Morgan fingerprint density at radius 3 is 2.65 bits per heavy atom. The average Bonchev–Trinajstić information content (AvgIpc) is 3.56. The number of carboxylic acid groups (broad SMARTS) is 1. The summed E-state index contributed by atoms with van der Waals surface area (Å²) < 4.78 is 44.1. The zero-order valence-electron chi connectivity index (χ0n) is 19.2. The number of nitrogens with zero attached hydrogens (tertiary/aromatic N) is 4. The van der Waals surface area contributed by atoms with Gasteiger partial charge in [0.15, 0.2) is 6.20 Å². The maximum absolute atomic E-state index is 14.8. The van der Waals surface area contributed by atoms with Gasteiger partial charge < -0.3 is 10.3 Å². The standard InChI is InChI=1S/C26H20ClF3N4O3/c27-19-5-4-18(25(29)30)23(24(19)28)16-3-6-21(34(37)13-16)22(9-14-1-2-14)33-12-17(11-32-33)15-7-8-31-20(10-15)26(35)36/h3-8,10-14,22,25H,1-2,9H2,(H,35,36). The fourth-order valence-electron chi connectivity index (χ4n) is 4.36. The summed E-state index contributed by atoms with van der Waals surface area (Å²) in [7, 11) is 0. The third kappa shape index (κ3) is 5.01. The minimum atomic E-state index is -2.96. The lowest BCUT2D eigenvalue weighted by atomic mass is 9.99. The van der Waals surface area contributed by atoms with Gasteiger partial charge in [0.1, 0.15) is 17.6 Å². The first-order chi connectivity index (χ1) is 17.7. The molecule has 0 radical (unpaired) electrons. The molecule has 3 aromatic heterocycles. The van der Waals surface area contributed by atoms with Gasteiger partial charge in [-0.3, -0.25) is 4.68 Å². The van der Waals surface area contributed by atoms with E-state index in [1.807, 2.05) is 0 Å². The van der Waals surface area contributed by atoms with Crippen molar-refractivity contribution >= 4 is 17.6 Å². The van der Waals surface area contributed by atoms with Crippen LogP contribution in [-0.2, 0) is 0 Å². The molecule has 1 N–H and O–H groups in total. The average molecular weight is 529 g/mol. The summed E-state index contributed by atoms with van der Waals surface area (Å²) in [6.45, 7) is 0. The van der Waals surface area contributed by atoms with E-state index in [-0.39, 0.29) is 16.3 Å². The molecule has 7 nitrogen and oxygen atoms in total. The van der Waals surface area contributed by atoms with E-state index in [1.54, 1.807) is 23.1 Å². The van der Waals surface area contributed by atoms with Crippen LogP contribution in [0.3, 0.4) is 0 Å². The van der Waals surface area contributed by atoms with E-state index in [2.05, 4.69) is 10.1 Å². The Labute approximate surface area is 214 Å². The number of aromatic carboxylic acids is 1. The highest BCUT2D eigenvalue weighted by Gasteiger charge is 2.32.